The monoisotopic (exact) mass is 301 g/mol. The first-order chi connectivity index (χ1) is 9.53. The summed E-state index contributed by atoms with van der Waals surface area (Å²) < 4.78 is 12.0. The van der Waals surface area contributed by atoms with Crippen molar-refractivity contribution in [3.05, 3.63) is 0 Å². The second kappa shape index (κ2) is 8.02. The molecule has 3 nitrogen and oxygen atoms in total. The summed E-state index contributed by atoms with van der Waals surface area (Å²) in [6.07, 6.45) is 5.53. The van der Waals surface area contributed by atoms with E-state index in [1.165, 1.54) is 38.2 Å². The Balaban J connectivity index is 1.57. The lowest BCUT2D eigenvalue weighted by molar-refractivity contribution is -0.0842. The normalized spacial score (nSPS) is 24.1. The number of hydrogen-bond donors (Lipinski definition) is 0. The summed E-state index contributed by atoms with van der Waals surface area (Å²) in [5.74, 6) is 1.25. The average molecular weight is 301 g/mol. The Morgan fingerprint density at radius 3 is 2.25 bits per heavy atom. The molecule has 0 aromatic heterocycles. The topological polar surface area (TPSA) is 21.7 Å². The molecule has 0 bridgehead atoms. The first-order valence-electron chi connectivity index (χ1n) is 8.12. The van der Waals surface area contributed by atoms with Crippen LogP contribution in [0.3, 0.4) is 0 Å². The predicted molar refractivity (Wildman–Crippen MR) is 86.6 cm³/mol. The summed E-state index contributed by atoms with van der Waals surface area (Å²) in [4.78, 5) is 2.60. The maximum atomic E-state index is 6.23. The fourth-order valence-corrected chi connectivity index (χ4v) is 3.80. The molecule has 0 saturated carbocycles. The van der Waals surface area contributed by atoms with E-state index in [9.17, 15) is 0 Å². The Kier molecular flexibility index (Phi) is 6.66. The van der Waals surface area contributed by atoms with E-state index < -0.39 is 0 Å². The number of thioether (sulfide) groups is 1. The van der Waals surface area contributed by atoms with E-state index in [4.69, 9.17) is 9.47 Å². The number of piperidine rings is 1. The fourth-order valence-electron chi connectivity index (χ4n) is 2.83. The van der Waals surface area contributed by atoms with Crippen LogP contribution in [0.15, 0.2) is 0 Å². The first-order valence-corrected chi connectivity index (χ1v) is 9.11. The van der Waals surface area contributed by atoms with Gasteiger partial charge >= 0.3 is 0 Å². The highest BCUT2D eigenvalue weighted by atomic mass is 32.2. The van der Waals surface area contributed by atoms with Gasteiger partial charge in [-0.15, -0.1) is 0 Å². The van der Waals surface area contributed by atoms with Crippen LogP contribution in [0.25, 0.3) is 0 Å². The summed E-state index contributed by atoms with van der Waals surface area (Å²) in [5, 5.41) is 0. The van der Waals surface area contributed by atoms with E-state index in [0.717, 1.165) is 26.1 Å². The van der Waals surface area contributed by atoms with E-state index in [-0.39, 0.29) is 0 Å². The second-order valence-electron chi connectivity index (χ2n) is 6.95. The fraction of sp³-hybridized carbons (Fsp3) is 1.00. The van der Waals surface area contributed by atoms with Gasteiger partial charge in [0, 0.05) is 43.3 Å². The van der Waals surface area contributed by atoms with Crippen molar-refractivity contribution < 1.29 is 9.47 Å². The van der Waals surface area contributed by atoms with Crippen LogP contribution in [0.4, 0.5) is 0 Å². The Bertz CT molecular complexity index is 266. The van der Waals surface area contributed by atoms with Gasteiger partial charge in [0.15, 0.2) is 0 Å². The van der Waals surface area contributed by atoms with Gasteiger partial charge in [-0.05, 0) is 25.7 Å². The van der Waals surface area contributed by atoms with Gasteiger partial charge in [0.2, 0.25) is 0 Å². The Morgan fingerprint density at radius 1 is 1.05 bits per heavy atom. The molecule has 4 heteroatoms. The lowest BCUT2D eigenvalue weighted by Gasteiger charge is -2.35. The molecule has 0 amide bonds. The molecular weight excluding hydrogens is 270 g/mol. The molecule has 2 aliphatic heterocycles. The molecule has 0 N–H and O–H groups in total. The van der Waals surface area contributed by atoms with Gasteiger partial charge in [-0.2, -0.15) is 11.8 Å². The van der Waals surface area contributed by atoms with Crippen LogP contribution in [0.2, 0.25) is 0 Å². The summed E-state index contributed by atoms with van der Waals surface area (Å²) in [7, 11) is 0. The Morgan fingerprint density at radius 2 is 1.65 bits per heavy atom. The summed E-state index contributed by atoms with van der Waals surface area (Å²) >= 11 is 2.07. The van der Waals surface area contributed by atoms with Crippen LogP contribution in [0, 0.1) is 0 Å². The van der Waals surface area contributed by atoms with Crippen LogP contribution in [0.1, 0.15) is 46.5 Å². The molecule has 2 heterocycles. The second-order valence-corrected chi connectivity index (χ2v) is 8.87. The van der Waals surface area contributed by atoms with Gasteiger partial charge in [-0.1, -0.05) is 20.8 Å². The Hall–Kier alpha value is 0.230. The minimum atomic E-state index is 0.393. The highest BCUT2D eigenvalue weighted by Gasteiger charge is 2.24. The molecule has 2 rings (SSSR count). The van der Waals surface area contributed by atoms with Crippen molar-refractivity contribution in [2.45, 2.75) is 63.4 Å². The standard InChI is InChI=1S/C16H31NO2S/c1-16(2,3)20-13-10-17-8-4-14(5-9-17)19-15-6-11-18-12-7-15/h14-15H,4-13H2,1-3H3. The lowest BCUT2D eigenvalue weighted by atomic mass is 10.1. The first kappa shape index (κ1) is 16.6. The summed E-state index contributed by atoms with van der Waals surface area (Å²) in [5.41, 5.74) is 0. The van der Waals surface area contributed by atoms with Crippen molar-refractivity contribution in [2.75, 3.05) is 38.6 Å². The molecule has 0 spiro atoms. The highest BCUT2D eigenvalue weighted by Crippen LogP contribution is 2.24. The molecule has 2 aliphatic rings. The van der Waals surface area contributed by atoms with Gasteiger partial charge in [0.05, 0.1) is 12.2 Å². The van der Waals surface area contributed by atoms with Crippen LogP contribution >= 0.6 is 11.8 Å². The number of ether oxygens (including phenoxy) is 2. The molecule has 0 unspecified atom stereocenters. The minimum Gasteiger partial charge on any atom is -0.381 e. The maximum Gasteiger partial charge on any atom is 0.0622 e. The molecule has 20 heavy (non-hydrogen) atoms. The molecule has 0 atom stereocenters. The molecule has 0 aromatic carbocycles. The largest absolute Gasteiger partial charge is 0.381 e. The van der Waals surface area contributed by atoms with Crippen molar-refractivity contribution in [3.8, 4) is 0 Å². The van der Waals surface area contributed by atoms with Crippen molar-refractivity contribution in [3.63, 3.8) is 0 Å². The van der Waals surface area contributed by atoms with Gasteiger partial charge in [0.1, 0.15) is 0 Å². The quantitative estimate of drug-likeness (QED) is 0.777. The van der Waals surface area contributed by atoms with Crippen molar-refractivity contribution in [2.24, 2.45) is 0 Å². The molecular formula is C16H31NO2S. The highest BCUT2D eigenvalue weighted by molar-refractivity contribution is 8.00. The molecule has 0 aliphatic carbocycles. The lowest BCUT2D eigenvalue weighted by Crippen LogP contribution is -2.40. The van der Waals surface area contributed by atoms with E-state index in [2.05, 4.69) is 37.4 Å². The third-order valence-corrected chi connectivity index (χ3v) is 5.28. The van der Waals surface area contributed by atoms with E-state index in [1.807, 2.05) is 0 Å². The van der Waals surface area contributed by atoms with Crippen LogP contribution < -0.4 is 0 Å². The van der Waals surface area contributed by atoms with E-state index in [1.54, 1.807) is 0 Å². The summed E-state index contributed by atoms with van der Waals surface area (Å²) in [6.45, 7) is 12.3. The average Bonchev–Trinajstić information content (AvgIpc) is 2.41. The number of nitrogens with zero attached hydrogens (tertiary/aromatic N) is 1. The third-order valence-electron chi connectivity index (χ3n) is 4.03. The molecule has 118 valence electrons. The van der Waals surface area contributed by atoms with Crippen LogP contribution in [-0.4, -0.2) is 60.5 Å². The van der Waals surface area contributed by atoms with Crippen molar-refractivity contribution in [1.29, 1.82) is 0 Å². The van der Waals surface area contributed by atoms with Gasteiger partial charge in [-0.25, -0.2) is 0 Å². The van der Waals surface area contributed by atoms with Crippen LogP contribution in [-0.2, 0) is 9.47 Å². The molecule has 0 radical (unpaired) electrons. The molecule has 2 saturated heterocycles. The number of hydrogen-bond acceptors (Lipinski definition) is 4. The van der Waals surface area contributed by atoms with Gasteiger partial charge in [-0.3, -0.25) is 0 Å². The van der Waals surface area contributed by atoms with E-state index >= 15 is 0 Å². The minimum absolute atomic E-state index is 0.393. The zero-order valence-electron chi connectivity index (χ0n) is 13.4. The van der Waals surface area contributed by atoms with Gasteiger partial charge in [0.25, 0.3) is 0 Å². The molecule has 2 fully saturated rings. The molecule has 0 aromatic rings. The predicted octanol–water partition coefficient (Wildman–Crippen LogP) is 3.18. The Labute approximate surface area is 128 Å². The number of rotatable bonds is 5. The third kappa shape index (κ3) is 6.33. The zero-order chi connectivity index (χ0) is 14.4. The van der Waals surface area contributed by atoms with Crippen molar-refractivity contribution in [1.82, 2.24) is 4.90 Å². The van der Waals surface area contributed by atoms with Gasteiger partial charge < -0.3 is 14.4 Å². The summed E-state index contributed by atoms with van der Waals surface area (Å²) in [6, 6.07) is 0. The SMILES string of the molecule is CC(C)(C)SCCN1CCC(OC2CCOCC2)CC1. The van der Waals surface area contributed by atoms with Crippen molar-refractivity contribution >= 4 is 11.8 Å². The maximum absolute atomic E-state index is 6.23. The zero-order valence-corrected chi connectivity index (χ0v) is 14.2. The van der Waals surface area contributed by atoms with Crippen LogP contribution in [0.5, 0.6) is 0 Å². The smallest absolute Gasteiger partial charge is 0.0622 e. The van der Waals surface area contributed by atoms with E-state index in [0.29, 0.717) is 17.0 Å². The number of likely N-dealkylation sites (tertiary alicyclic amines) is 1.